The number of hydrogen-bond donors (Lipinski definition) is 0. The van der Waals surface area contributed by atoms with E-state index < -0.39 is 0 Å². The zero-order valence-electron chi connectivity index (χ0n) is 25.4. The minimum absolute atomic E-state index is 0.522. The van der Waals surface area contributed by atoms with Gasteiger partial charge in [-0.05, 0) is 82.9 Å². The van der Waals surface area contributed by atoms with Crippen molar-refractivity contribution < 1.29 is 4.42 Å². The Labute approximate surface area is 275 Å². The van der Waals surface area contributed by atoms with E-state index in [1.165, 1.54) is 0 Å². The molecule has 0 N–H and O–H groups in total. The lowest BCUT2D eigenvalue weighted by molar-refractivity contribution is 0.645. The molecule has 0 fully saturated rings. The van der Waals surface area contributed by atoms with Gasteiger partial charge in [-0.1, -0.05) is 36.4 Å². The Hall–Kier alpha value is -6.91. The second-order valence-corrected chi connectivity index (χ2v) is 11.4. The van der Waals surface area contributed by atoms with E-state index >= 15 is 0 Å². The largest absolute Gasteiger partial charge is 0.439 e. The third-order valence-corrected chi connectivity index (χ3v) is 8.88. The molecule has 6 aromatic heterocycles. The van der Waals surface area contributed by atoms with E-state index in [0.717, 1.165) is 77.5 Å². The van der Waals surface area contributed by atoms with Crippen molar-refractivity contribution in [3.63, 3.8) is 0 Å². The van der Waals surface area contributed by atoms with Crippen LogP contribution in [0.3, 0.4) is 0 Å². The number of hydrogen-bond acceptors (Lipinski definition) is 6. The predicted molar refractivity (Wildman–Crippen MR) is 188 cm³/mol. The van der Waals surface area contributed by atoms with E-state index in [9.17, 15) is 5.26 Å². The molecule has 0 radical (unpaired) electrons. The van der Waals surface area contributed by atoms with Crippen LogP contribution in [0.15, 0.2) is 151 Å². The van der Waals surface area contributed by atoms with Crippen molar-refractivity contribution in [1.82, 2.24) is 24.5 Å². The highest BCUT2D eigenvalue weighted by Gasteiger charge is 2.31. The molecule has 9 aromatic rings. The Balaban J connectivity index is 1.61. The molecule has 9 rings (SSSR count). The first-order chi connectivity index (χ1) is 23.8. The first-order valence-electron chi connectivity index (χ1n) is 15.5. The fourth-order valence-corrected chi connectivity index (χ4v) is 6.95. The van der Waals surface area contributed by atoms with Crippen LogP contribution >= 0.6 is 0 Å². The minimum Gasteiger partial charge on any atom is -0.439 e. The number of nitriles is 1. The lowest BCUT2D eigenvalue weighted by Gasteiger charge is -2.26. The topological polar surface area (TPSA) is 93.4 Å². The van der Waals surface area contributed by atoms with Gasteiger partial charge in [0.15, 0.2) is 0 Å². The third kappa shape index (κ3) is 4.14. The van der Waals surface area contributed by atoms with E-state index in [4.69, 9.17) is 4.42 Å². The molecule has 6 heterocycles. The molecule has 48 heavy (non-hydrogen) atoms. The summed E-state index contributed by atoms with van der Waals surface area (Å²) in [6, 6.07) is 35.0. The van der Waals surface area contributed by atoms with E-state index in [1.807, 2.05) is 72.8 Å². The van der Waals surface area contributed by atoms with Crippen LogP contribution < -0.4 is 0 Å². The normalized spacial score (nSPS) is 11.3. The van der Waals surface area contributed by atoms with Crippen molar-refractivity contribution in [3.8, 4) is 56.3 Å². The van der Waals surface area contributed by atoms with Gasteiger partial charge in [0.2, 0.25) is 5.71 Å². The summed E-state index contributed by atoms with van der Waals surface area (Å²) in [6.45, 7) is 0. The number of pyridine rings is 4. The molecule has 3 aromatic carbocycles. The van der Waals surface area contributed by atoms with Crippen LogP contribution in [0.25, 0.3) is 83.2 Å². The lowest BCUT2D eigenvalue weighted by Crippen LogP contribution is -2.07. The van der Waals surface area contributed by atoms with Gasteiger partial charge in [0, 0.05) is 82.6 Å². The van der Waals surface area contributed by atoms with Gasteiger partial charge in [0.25, 0.3) is 0 Å². The summed E-state index contributed by atoms with van der Waals surface area (Å²) in [4.78, 5) is 17.4. The van der Waals surface area contributed by atoms with Gasteiger partial charge in [-0.3, -0.25) is 24.5 Å². The van der Waals surface area contributed by atoms with Crippen LogP contribution in [-0.2, 0) is 0 Å². The van der Waals surface area contributed by atoms with E-state index in [1.54, 1.807) is 49.6 Å². The molecule has 0 spiro atoms. The number of furan rings is 1. The molecule has 0 atom stereocenters. The summed E-state index contributed by atoms with van der Waals surface area (Å²) < 4.78 is 8.97. The van der Waals surface area contributed by atoms with Gasteiger partial charge in [-0.25, -0.2) is 0 Å². The summed E-state index contributed by atoms with van der Waals surface area (Å²) in [5.41, 5.74) is 10.7. The van der Waals surface area contributed by atoms with E-state index in [0.29, 0.717) is 11.3 Å². The van der Waals surface area contributed by atoms with Crippen molar-refractivity contribution in [2.24, 2.45) is 0 Å². The smallest absolute Gasteiger partial charge is 0.213 e. The van der Waals surface area contributed by atoms with Crippen LogP contribution in [0.2, 0.25) is 0 Å². The van der Waals surface area contributed by atoms with Crippen molar-refractivity contribution in [2.45, 2.75) is 0 Å². The maximum atomic E-state index is 11.3. The number of benzene rings is 3. The van der Waals surface area contributed by atoms with E-state index in [2.05, 4.69) is 54.8 Å². The van der Waals surface area contributed by atoms with Crippen LogP contribution in [0.5, 0.6) is 0 Å². The van der Waals surface area contributed by atoms with Crippen molar-refractivity contribution in [3.05, 3.63) is 152 Å². The number of nitrogens with zero attached hydrogens (tertiary/aromatic N) is 6. The summed E-state index contributed by atoms with van der Waals surface area (Å²) in [6.07, 6.45) is 14.2. The quantitative estimate of drug-likeness (QED) is 0.191. The molecule has 7 nitrogen and oxygen atoms in total. The summed E-state index contributed by atoms with van der Waals surface area (Å²) in [7, 11) is 0. The zero-order chi connectivity index (χ0) is 32.0. The molecule has 0 saturated heterocycles. The fraction of sp³-hybridized carbons (Fsp3) is 0. The van der Waals surface area contributed by atoms with Gasteiger partial charge in [0.1, 0.15) is 11.7 Å². The SMILES string of the molecule is N#Cc1c(-c2ccncc2)c(-c2ccncc2)c(-c2ccncc2)c(-n2c3ccccc3c3c4ccccc4oc32)c1-c1ccncc1. The maximum Gasteiger partial charge on any atom is 0.213 e. The maximum absolute atomic E-state index is 11.3. The zero-order valence-corrected chi connectivity index (χ0v) is 25.4. The van der Waals surface area contributed by atoms with Crippen molar-refractivity contribution in [2.75, 3.05) is 0 Å². The number of aromatic nitrogens is 5. The van der Waals surface area contributed by atoms with Crippen molar-refractivity contribution in [1.29, 1.82) is 5.26 Å². The van der Waals surface area contributed by atoms with Gasteiger partial charge in [-0.15, -0.1) is 0 Å². The average Bonchev–Trinajstić information content (AvgIpc) is 3.70. The monoisotopic (exact) mass is 616 g/mol. The molecule has 0 aliphatic heterocycles. The molecule has 0 bridgehead atoms. The second kappa shape index (κ2) is 11.2. The first kappa shape index (κ1) is 27.4. The molecule has 224 valence electrons. The highest BCUT2D eigenvalue weighted by molar-refractivity contribution is 6.21. The molecule has 0 saturated carbocycles. The predicted octanol–water partition coefficient (Wildman–Crippen LogP) is 9.65. The molecular formula is C41H24N6O. The molecule has 7 heteroatoms. The second-order valence-electron chi connectivity index (χ2n) is 11.4. The molecule has 0 aliphatic rings. The summed E-state index contributed by atoms with van der Waals surface area (Å²) in [5, 5.41) is 14.4. The van der Waals surface area contributed by atoms with Crippen LogP contribution in [0.4, 0.5) is 0 Å². The Morgan fingerprint density at radius 3 is 1.56 bits per heavy atom. The lowest BCUT2D eigenvalue weighted by atomic mass is 9.80. The van der Waals surface area contributed by atoms with Gasteiger partial charge in [-0.2, -0.15) is 5.26 Å². The Morgan fingerprint density at radius 2 is 0.979 bits per heavy atom. The third-order valence-electron chi connectivity index (χ3n) is 8.88. The number of para-hydroxylation sites is 2. The van der Waals surface area contributed by atoms with Crippen LogP contribution in [0.1, 0.15) is 5.56 Å². The summed E-state index contributed by atoms with van der Waals surface area (Å²) >= 11 is 0. The highest BCUT2D eigenvalue weighted by atomic mass is 16.3. The van der Waals surface area contributed by atoms with Crippen molar-refractivity contribution >= 4 is 33.0 Å². The molecule has 0 aliphatic carbocycles. The molecule has 0 unspecified atom stereocenters. The fourth-order valence-electron chi connectivity index (χ4n) is 6.95. The first-order valence-corrected chi connectivity index (χ1v) is 15.5. The number of rotatable bonds is 5. The number of fused-ring (bicyclic) bond motifs is 5. The molecular weight excluding hydrogens is 592 g/mol. The van der Waals surface area contributed by atoms with Crippen LogP contribution in [-0.4, -0.2) is 24.5 Å². The Morgan fingerprint density at radius 1 is 0.500 bits per heavy atom. The average molecular weight is 617 g/mol. The Bertz CT molecular complexity index is 2660. The van der Waals surface area contributed by atoms with Gasteiger partial charge < -0.3 is 4.42 Å². The van der Waals surface area contributed by atoms with Gasteiger partial charge >= 0.3 is 0 Å². The highest BCUT2D eigenvalue weighted by Crippen LogP contribution is 2.52. The Kier molecular flexibility index (Phi) is 6.37. The molecule has 0 amide bonds. The summed E-state index contributed by atoms with van der Waals surface area (Å²) in [5.74, 6) is 0. The van der Waals surface area contributed by atoms with E-state index in [-0.39, 0.29) is 0 Å². The van der Waals surface area contributed by atoms with Crippen LogP contribution in [0, 0.1) is 11.3 Å². The van der Waals surface area contributed by atoms with Gasteiger partial charge in [0.05, 0.1) is 22.2 Å². The standard InChI is InChI=1S/C41H24N6O/c42-25-32-35(26-9-17-43-18-10-26)37(28-13-21-45-22-14-28)38(29-15-23-46-24-16-29)40(36(32)27-11-19-44-20-12-27)47-33-7-3-1-5-30(33)39-31-6-2-4-8-34(31)48-41(39)47/h1-24H. The minimum atomic E-state index is 0.522.